The second-order valence-corrected chi connectivity index (χ2v) is 15.1. The maximum absolute atomic E-state index is 12.0. The van der Waals surface area contributed by atoms with E-state index >= 15 is 0 Å². The van der Waals surface area contributed by atoms with Gasteiger partial charge in [0.05, 0.1) is 49.7 Å². The highest BCUT2D eigenvalue weighted by atomic mass is 16.6. The van der Waals surface area contributed by atoms with E-state index in [0.29, 0.717) is 24.3 Å². The van der Waals surface area contributed by atoms with E-state index in [0.717, 1.165) is 111 Å². The van der Waals surface area contributed by atoms with Gasteiger partial charge in [0, 0.05) is 0 Å². The van der Waals surface area contributed by atoms with Crippen LogP contribution in [0.25, 0.3) is 22.3 Å². The van der Waals surface area contributed by atoms with Crippen molar-refractivity contribution in [3.8, 4) is 45.9 Å². The summed E-state index contributed by atoms with van der Waals surface area (Å²) in [5.74, 6) is 0.760. The van der Waals surface area contributed by atoms with Gasteiger partial charge in [-0.15, -0.1) is 0 Å². The first kappa shape index (κ1) is 46.1. The predicted octanol–water partition coefficient (Wildman–Crippen LogP) is 12.7. The van der Waals surface area contributed by atoms with Crippen molar-refractivity contribution in [2.45, 2.75) is 122 Å². The van der Waals surface area contributed by atoms with Crippen LogP contribution in [0, 0.1) is 22.7 Å². The molecular weight excluding hydrogens is 737 g/mol. The van der Waals surface area contributed by atoms with Gasteiger partial charge in [-0.2, -0.15) is 10.5 Å². The molecule has 0 aliphatic carbocycles. The maximum atomic E-state index is 12.0. The molecular formula is C51H62N2O6. The number of nitrogens with zero attached hydrogens (tertiary/aromatic N) is 2. The largest absolute Gasteiger partial charge is 0.494 e. The van der Waals surface area contributed by atoms with E-state index < -0.39 is 11.9 Å². The Morgan fingerprint density at radius 3 is 0.898 bits per heavy atom. The minimum absolute atomic E-state index is 0.311. The third kappa shape index (κ3) is 19.6. The molecule has 0 heterocycles. The minimum Gasteiger partial charge on any atom is -0.494 e. The highest BCUT2D eigenvalue weighted by molar-refractivity contribution is 5.91. The van der Waals surface area contributed by atoms with Gasteiger partial charge in [0.25, 0.3) is 0 Å². The summed E-state index contributed by atoms with van der Waals surface area (Å²) in [6, 6.07) is 35.7. The molecule has 4 rings (SSSR count). The van der Waals surface area contributed by atoms with Crippen LogP contribution in [0.2, 0.25) is 0 Å². The van der Waals surface area contributed by atoms with Gasteiger partial charge in [-0.3, -0.25) is 9.59 Å². The third-order valence-corrected chi connectivity index (χ3v) is 10.3. The van der Waals surface area contributed by atoms with Crippen molar-refractivity contribution in [1.82, 2.24) is 0 Å². The lowest BCUT2D eigenvalue weighted by Gasteiger charge is -2.08. The van der Waals surface area contributed by atoms with Gasteiger partial charge in [0.15, 0.2) is 0 Å². The Morgan fingerprint density at radius 2 is 0.610 bits per heavy atom. The number of hydrogen-bond acceptors (Lipinski definition) is 8. The van der Waals surface area contributed by atoms with Crippen LogP contribution < -0.4 is 9.47 Å². The topological polar surface area (TPSA) is 119 Å². The van der Waals surface area contributed by atoms with Crippen molar-refractivity contribution in [2.24, 2.45) is 0 Å². The number of rotatable bonds is 30. The van der Waals surface area contributed by atoms with Gasteiger partial charge in [-0.25, -0.2) is 0 Å². The van der Waals surface area contributed by atoms with Gasteiger partial charge in [-0.05, 0) is 96.5 Å². The van der Waals surface area contributed by atoms with E-state index in [-0.39, 0.29) is 6.42 Å². The van der Waals surface area contributed by atoms with Crippen LogP contribution in [0.4, 0.5) is 0 Å². The molecule has 0 bridgehead atoms. The second kappa shape index (κ2) is 28.7. The first-order chi connectivity index (χ1) is 29.0. The van der Waals surface area contributed by atoms with Gasteiger partial charge >= 0.3 is 11.9 Å². The van der Waals surface area contributed by atoms with Crippen molar-refractivity contribution >= 4 is 11.9 Å². The van der Waals surface area contributed by atoms with Crippen LogP contribution in [0.3, 0.4) is 0 Å². The SMILES string of the molecule is N#Cc1ccc(-c2ccc(OCCCCCCCCCCCOC(=O)CC(=O)OCCCCCCCCCCCOc3ccc(-c4ccc(C#N)cc4)cc3)cc2)cc1. The van der Waals surface area contributed by atoms with Gasteiger partial charge in [-0.1, -0.05) is 138 Å². The number of carbonyl (C=O) groups is 2. The lowest BCUT2D eigenvalue weighted by atomic mass is 10.0. The summed E-state index contributed by atoms with van der Waals surface area (Å²) in [6.07, 6.45) is 19.6. The Morgan fingerprint density at radius 1 is 0.356 bits per heavy atom. The standard InChI is InChI=1S/C51H62N2O6/c52-40-42-19-23-44(24-20-42)46-27-31-48(32-28-46)56-35-15-11-7-3-1-5-9-13-17-37-58-50(54)39-51(55)59-38-18-14-10-6-2-4-8-12-16-36-57-49-33-29-47(30-34-49)45-25-21-43(41-53)22-26-45/h19-34H,1-18,35-39H2. The third-order valence-electron chi connectivity index (χ3n) is 10.3. The molecule has 0 fully saturated rings. The normalized spacial score (nSPS) is 10.7. The van der Waals surface area contributed by atoms with Gasteiger partial charge in [0.1, 0.15) is 17.9 Å². The number of ether oxygens (including phenoxy) is 4. The van der Waals surface area contributed by atoms with Crippen LogP contribution >= 0.6 is 0 Å². The highest BCUT2D eigenvalue weighted by Gasteiger charge is 2.12. The molecule has 0 aliphatic rings. The smallest absolute Gasteiger partial charge is 0.317 e. The molecule has 8 heteroatoms. The molecule has 0 saturated heterocycles. The number of unbranched alkanes of at least 4 members (excludes halogenated alkanes) is 16. The quantitative estimate of drug-likeness (QED) is 0.0291. The van der Waals surface area contributed by atoms with Crippen LogP contribution in [-0.4, -0.2) is 38.4 Å². The molecule has 0 N–H and O–H groups in total. The zero-order valence-corrected chi connectivity index (χ0v) is 34.8. The summed E-state index contributed by atoms with van der Waals surface area (Å²) in [7, 11) is 0. The first-order valence-electron chi connectivity index (χ1n) is 21.8. The Labute approximate surface area is 352 Å². The molecule has 0 saturated carbocycles. The van der Waals surface area contributed by atoms with Crippen LogP contribution in [0.1, 0.15) is 133 Å². The molecule has 0 atom stereocenters. The summed E-state index contributed by atoms with van der Waals surface area (Å²) in [5, 5.41) is 17.9. The lowest BCUT2D eigenvalue weighted by molar-refractivity contribution is -0.154. The fourth-order valence-electron chi connectivity index (χ4n) is 6.82. The molecule has 0 radical (unpaired) electrons. The number of hydrogen-bond donors (Lipinski definition) is 0. The first-order valence-corrected chi connectivity index (χ1v) is 21.8. The molecule has 0 spiro atoms. The number of carbonyl (C=O) groups excluding carboxylic acids is 2. The van der Waals surface area contributed by atoms with E-state index in [1.807, 2.05) is 72.8 Å². The van der Waals surface area contributed by atoms with E-state index in [2.05, 4.69) is 36.4 Å². The van der Waals surface area contributed by atoms with E-state index in [1.165, 1.54) is 51.4 Å². The highest BCUT2D eigenvalue weighted by Crippen LogP contribution is 2.24. The van der Waals surface area contributed by atoms with Crippen molar-refractivity contribution in [2.75, 3.05) is 26.4 Å². The molecule has 8 nitrogen and oxygen atoms in total. The summed E-state index contributed by atoms with van der Waals surface area (Å²) < 4.78 is 22.3. The average molecular weight is 799 g/mol. The van der Waals surface area contributed by atoms with Crippen molar-refractivity contribution in [3.05, 3.63) is 108 Å². The van der Waals surface area contributed by atoms with Crippen molar-refractivity contribution in [1.29, 1.82) is 10.5 Å². The van der Waals surface area contributed by atoms with E-state index in [9.17, 15) is 9.59 Å². The molecule has 0 aliphatic heterocycles. The number of esters is 2. The Bertz CT molecular complexity index is 1700. The van der Waals surface area contributed by atoms with Gasteiger partial charge in [0.2, 0.25) is 0 Å². The average Bonchev–Trinajstić information content (AvgIpc) is 3.27. The fraction of sp³-hybridized carbons (Fsp3) is 0.451. The predicted molar refractivity (Wildman–Crippen MR) is 234 cm³/mol. The fourth-order valence-corrected chi connectivity index (χ4v) is 6.82. The second-order valence-electron chi connectivity index (χ2n) is 15.1. The molecule has 4 aromatic carbocycles. The molecule has 0 amide bonds. The maximum Gasteiger partial charge on any atom is 0.317 e. The molecule has 312 valence electrons. The number of benzene rings is 4. The monoisotopic (exact) mass is 798 g/mol. The zero-order chi connectivity index (χ0) is 41.6. The lowest BCUT2D eigenvalue weighted by Crippen LogP contribution is -2.15. The van der Waals surface area contributed by atoms with E-state index in [4.69, 9.17) is 29.5 Å². The van der Waals surface area contributed by atoms with E-state index in [1.54, 1.807) is 0 Å². The zero-order valence-electron chi connectivity index (χ0n) is 34.8. The van der Waals surface area contributed by atoms with Gasteiger partial charge < -0.3 is 18.9 Å². The molecule has 59 heavy (non-hydrogen) atoms. The molecule has 4 aromatic rings. The van der Waals surface area contributed by atoms with Crippen LogP contribution in [0.15, 0.2) is 97.1 Å². The Hall–Kier alpha value is -5.60. The summed E-state index contributed by atoms with van der Waals surface area (Å²) >= 11 is 0. The van der Waals surface area contributed by atoms with Crippen molar-refractivity contribution < 1.29 is 28.5 Å². The molecule has 0 aromatic heterocycles. The van der Waals surface area contributed by atoms with Crippen molar-refractivity contribution in [3.63, 3.8) is 0 Å². The summed E-state index contributed by atoms with van der Waals surface area (Å²) in [6.45, 7) is 2.15. The Kier molecular flexibility index (Phi) is 22.5. The Balaban J connectivity index is 0.842. The molecule has 0 unspecified atom stereocenters. The van der Waals surface area contributed by atoms with Crippen LogP contribution in [0.5, 0.6) is 11.5 Å². The van der Waals surface area contributed by atoms with Crippen LogP contribution in [-0.2, 0) is 19.1 Å². The minimum atomic E-state index is -0.500. The summed E-state index contributed by atoms with van der Waals surface area (Å²) in [5.41, 5.74) is 5.70. The number of nitriles is 2. The summed E-state index contributed by atoms with van der Waals surface area (Å²) in [4.78, 5) is 24.0.